The van der Waals surface area contributed by atoms with E-state index in [9.17, 15) is 13.2 Å². The van der Waals surface area contributed by atoms with Crippen molar-refractivity contribution in [3.05, 3.63) is 53.6 Å². The van der Waals surface area contributed by atoms with Crippen molar-refractivity contribution in [2.24, 2.45) is 0 Å². The number of amides is 1. The average Bonchev–Trinajstić information content (AvgIpc) is 3.36. The van der Waals surface area contributed by atoms with Crippen LogP contribution in [-0.4, -0.2) is 31.1 Å². The van der Waals surface area contributed by atoms with E-state index in [0.717, 1.165) is 19.3 Å². The zero-order valence-electron chi connectivity index (χ0n) is 17.4. The molecule has 5 rings (SSSR count). The fourth-order valence-corrected chi connectivity index (χ4v) is 4.66. The van der Waals surface area contributed by atoms with Gasteiger partial charge in [-0.2, -0.15) is 4.98 Å². The summed E-state index contributed by atoms with van der Waals surface area (Å²) in [6, 6.07) is 7.86. The Morgan fingerprint density at radius 2 is 2.06 bits per heavy atom. The number of nitrogens with one attached hydrogen (secondary N) is 1. The van der Waals surface area contributed by atoms with Gasteiger partial charge in [-0.05, 0) is 50.1 Å². The van der Waals surface area contributed by atoms with Gasteiger partial charge in [0.05, 0.1) is 23.7 Å². The van der Waals surface area contributed by atoms with Gasteiger partial charge in [-0.3, -0.25) is 9.69 Å². The van der Waals surface area contributed by atoms with E-state index in [1.165, 1.54) is 23.1 Å². The number of nitrogens with zero attached hydrogens (tertiary/aromatic N) is 3. The van der Waals surface area contributed by atoms with E-state index >= 15 is 0 Å². The highest BCUT2D eigenvalue weighted by atomic mass is 32.2. The van der Waals surface area contributed by atoms with E-state index in [1.54, 1.807) is 19.1 Å². The molecule has 0 saturated heterocycles. The van der Waals surface area contributed by atoms with E-state index < -0.39 is 10.0 Å². The fraction of sp³-hybridized carbons (Fsp3) is 0.381. The van der Waals surface area contributed by atoms with Gasteiger partial charge in [0.1, 0.15) is 17.3 Å². The molecule has 1 saturated carbocycles. The number of hydrogen-bond acceptors (Lipinski definition) is 8. The number of carbonyl (C=O) groups excluding carboxylic acids is 1. The lowest BCUT2D eigenvalue weighted by atomic mass is 9.85. The second-order valence-electron chi connectivity index (χ2n) is 7.91. The third kappa shape index (κ3) is 4.00. The summed E-state index contributed by atoms with van der Waals surface area (Å²) in [7, 11) is -3.85. The molecule has 3 heterocycles. The SMILES string of the molecule is Cc1ccc(CNS(=O)(=O)c2ccc3c(c2)N(Cc2noc(C4CCC4)n2)C(=O)CO3)o1. The first kappa shape index (κ1) is 20.7. The summed E-state index contributed by atoms with van der Waals surface area (Å²) in [5.41, 5.74) is 0.341. The summed E-state index contributed by atoms with van der Waals surface area (Å²) >= 11 is 0. The molecule has 0 spiro atoms. The first-order valence-corrected chi connectivity index (χ1v) is 11.8. The van der Waals surface area contributed by atoms with Crippen LogP contribution >= 0.6 is 0 Å². The molecule has 11 heteroatoms. The zero-order valence-corrected chi connectivity index (χ0v) is 18.2. The molecule has 2 aromatic heterocycles. The van der Waals surface area contributed by atoms with Gasteiger partial charge in [-0.15, -0.1) is 0 Å². The number of anilines is 1. The Morgan fingerprint density at radius 1 is 1.22 bits per heavy atom. The predicted octanol–water partition coefficient (Wildman–Crippen LogP) is 2.64. The number of aryl methyl sites for hydroxylation is 1. The normalized spacial score (nSPS) is 16.5. The Balaban J connectivity index is 1.38. The van der Waals surface area contributed by atoms with E-state index in [4.69, 9.17) is 13.7 Å². The molecule has 2 aliphatic rings. The van der Waals surface area contributed by atoms with Gasteiger partial charge in [0, 0.05) is 5.92 Å². The number of ether oxygens (including phenoxy) is 1. The van der Waals surface area contributed by atoms with Crippen molar-refractivity contribution in [2.45, 2.75) is 50.1 Å². The average molecular weight is 458 g/mol. The van der Waals surface area contributed by atoms with Crippen molar-refractivity contribution in [1.29, 1.82) is 0 Å². The van der Waals surface area contributed by atoms with E-state index in [-0.39, 0.29) is 36.4 Å². The molecular weight excluding hydrogens is 436 g/mol. The van der Waals surface area contributed by atoms with Crippen molar-refractivity contribution in [3.8, 4) is 5.75 Å². The topological polar surface area (TPSA) is 128 Å². The largest absolute Gasteiger partial charge is 0.482 e. The Hall–Kier alpha value is -3.18. The smallest absolute Gasteiger partial charge is 0.265 e. The molecular formula is C21H22N4O6S. The lowest BCUT2D eigenvalue weighted by molar-refractivity contribution is -0.121. The molecule has 3 aromatic rings. The predicted molar refractivity (Wildman–Crippen MR) is 111 cm³/mol. The summed E-state index contributed by atoms with van der Waals surface area (Å²) in [6.07, 6.45) is 3.18. The number of rotatable bonds is 7. The first-order valence-electron chi connectivity index (χ1n) is 10.3. The zero-order chi connectivity index (χ0) is 22.3. The Labute approximate surface area is 184 Å². The second kappa shape index (κ2) is 8.06. The van der Waals surface area contributed by atoms with Crippen LogP contribution < -0.4 is 14.4 Å². The van der Waals surface area contributed by atoms with Crippen molar-refractivity contribution in [3.63, 3.8) is 0 Å². The van der Waals surface area contributed by atoms with Gasteiger partial charge < -0.3 is 13.7 Å². The molecule has 1 aromatic carbocycles. The van der Waals surface area contributed by atoms with Crippen molar-refractivity contribution < 1.29 is 26.9 Å². The Kier molecular flexibility index (Phi) is 5.22. The summed E-state index contributed by atoms with van der Waals surface area (Å²) in [6.45, 7) is 1.71. The highest BCUT2D eigenvalue weighted by Crippen LogP contribution is 2.37. The molecule has 1 N–H and O–H groups in total. The fourth-order valence-electron chi connectivity index (χ4n) is 3.65. The summed E-state index contributed by atoms with van der Waals surface area (Å²) in [5.74, 6) is 2.52. The third-order valence-electron chi connectivity index (χ3n) is 5.65. The van der Waals surface area contributed by atoms with Crippen LogP contribution in [-0.2, 0) is 27.9 Å². The van der Waals surface area contributed by atoms with Gasteiger partial charge in [-0.25, -0.2) is 13.1 Å². The Morgan fingerprint density at radius 3 is 2.78 bits per heavy atom. The lowest BCUT2D eigenvalue weighted by Crippen LogP contribution is -2.38. The number of sulfonamides is 1. The van der Waals surface area contributed by atoms with Gasteiger partial charge in [0.25, 0.3) is 5.91 Å². The summed E-state index contributed by atoms with van der Waals surface area (Å²) < 4.78 is 44.4. The molecule has 0 atom stereocenters. The first-order chi connectivity index (χ1) is 15.4. The molecule has 0 bridgehead atoms. The van der Waals surface area contributed by atoms with Gasteiger partial charge >= 0.3 is 0 Å². The standard InChI is InChI=1S/C21H22N4O6S/c1-13-5-6-15(30-13)10-22-32(27,28)16-7-8-18-17(9-16)25(20(26)12-29-18)11-19-23-21(31-24-19)14-3-2-4-14/h5-9,14,22H,2-4,10-12H2,1H3. The van der Waals surface area contributed by atoms with Crippen LogP contribution in [0.3, 0.4) is 0 Å². The summed E-state index contributed by atoms with van der Waals surface area (Å²) in [4.78, 5) is 18.4. The molecule has 1 aliphatic carbocycles. The second-order valence-corrected chi connectivity index (χ2v) is 9.68. The number of fused-ring (bicyclic) bond motifs is 1. The van der Waals surface area contributed by atoms with Gasteiger partial charge in [-0.1, -0.05) is 11.6 Å². The van der Waals surface area contributed by atoms with Crippen molar-refractivity contribution >= 4 is 21.6 Å². The minimum Gasteiger partial charge on any atom is -0.482 e. The Bertz CT molecular complexity index is 1260. The van der Waals surface area contributed by atoms with E-state index in [0.29, 0.717) is 34.7 Å². The third-order valence-corrected chi connectivity index (χ3v) is 7.05. The van der Waals surface area contributed by atoms with Gasteiger partial charge in [0.15, 0.2) is 12.4 Å². The lowest BCUT2D eigenvalue weighted by Gasteiger charge is -2.28. The molecule has 32 heavy (non-hydrogen) atoms. The van der Waals surface area contributed by atoms with Crippen LogP contribution in [0.15, 0.2) is 44.2 Å². The monoisotopic (exact) mass is 458 g/mol. The maximum Gasteiger partial charge on any atom is 0.265 e. The minimum atomic E-state index is -3.85. The number of benzene rings is 1. The molecule has 0 unspecified atom stereocenters. The van der Waals surface area contributed by atoms with Crippen LogP contribution in [0, 0.1) is 6.92 Å². The number of furan rings is 1. The highest BCUT2D eigenvalue weighted by Gasteiger charge is 2.30. The maximum absolute atomic E-state index is 12.8. The molecule has 0 radical (unpaired) electrons. The van der Waals surface area contributed by atoms with Crippen LogP contribution in [0.2, 0.25) is 0 Å². The number of hydrogen-bond donors (Lipinski definition) is 1. The van der Waals surface area contributed by atoms with Crippen LogP contribution in [0.1, 0.15) is 48.4 Å². The van der Waals surface area contributed by atoms with Crippen LogP contribution in [0.25, 0.3) is 0 Å². The molecule has 1 amide bonds. The maximum atomic E-state index is 12.8. The van der Waals surface area contributed by atoms with Gasteiger partial charge in [0.2, 0.25) is 15.9 Å². The van der Waals surface area contributed by atoms with E-state index in [1.807, 2.05) is 0 Å². The molecule has 10 nitrogen and oxygen atoms in total. The molecule has 1 aliphatic heterocycles. The number of aromatic nitrogens is 2. The van der Waals surface area contributed by atoms with Crippen LogP contribution in [0.5, 0.6) is 5.75 Å². The van der Waals surface area contributed by atoms with Crippen molar-refractivity contribution in [1.82, 2.24) is 14.9 Å². The van der Waals surface area contributed by atoms with E-state index in [2.05, 4.69) is 14.9 Å². The van der Waals surface area contributed by atoms with Crippen LogP contribution in [0.4, 0.5) is 5.69 Å². The number of carbonyl (C=O) groups is 1. The quantitative estimate of drug-likeness (QED) is 0.572. The molecule has 168 valence electrons. The van der Waals surface area contributed by atoms with Crippen molar-refractivity contribution in [2.75, 3.05) is 11.5 Å². The minimum absolute atomic E-state index is 0.00565. The summed E-state index contributed by atoms with van der Waals surface area (Å²) in [5, 5.41) is 3.99. The molecule has 1 fully saturated rings. The highest BCUT2D eigenvalue weighted by molar-refractivity contribution is 7.89.